The van der Waals surface area contributed by atoms with Gasteiger partial charge >= 0.3 is 11.9 Å². The number of nitrogens with zero attached hydrogens (tertiary/aromatic N) is 2. The van der Waals surface area contributed by atoms with Crippen LogP contribution in [0.3, 0.4) is 0 Å². The van der Waals surface area contributed by atoms with Crippen molar-refractivity contribution in [3.63, 3.8) is 0 Å². The molecule has 0 spiro atoms. The molecule has 3 aromatic rings. The van der Waals surface area contributed by atoms with E-state index in [2.05, 4.69) is 21.0 Å². The molecule has 0 aliphatic carbocycles. The lowest BCUT2D eigenvalue weighted by atomic mass is 10.1. The van der Waals surface area contributed by atoms with Gasteiger partial charge in [0.15, 0.2) is 5.69 Å². The van der Waals surface area contributed by atoms with Crippen molar-refractivity contribution in [2.24, 2.45) is 0 Å². The van der Waals surface area contributed by atoms with E-state index < -0.39 is 17.8 Å². The van der Waals surface area contributed by atoms with Gasteiger partial charge in [0.25, 0.3) is 0 Å². The molecule has 0 aliphatic heterocycles. The zero-order valence-electron chi connectivity index (χ0n) is 14.4. The molecule has 0 N–H and O–H groups in total. The summed E-state index contributed by atoms with van der Waals surface area (Å²) in [5, 5.41) is 4.34. The second-order valence-electron chi connectivity index (χ2n) is 5.40. The van der Waals surface area contributed by atoms with Gasteiger partial charge in [-0.1, -0.05) is 24.3 Å². The fraction of sp³-hybridized carbons (Fsp3) is 0.105. The zero-order chi connectivity index (χ0) is 19.6. The van der Waals surface area contributed by atoms with Crippen LogP contribution in [-0.2, 0) is 9.47 Å². The summed E-state index contributed by atoms with van der Waals surface area (Å²) >= 11 is 3.12. The molecule has 3 rings (SSSR count). The van der Waals surface area contributed by atoms with Crippen molar-refractivity contribution in [2.45, 2.75) is 0 Å². The Bertz CT molecular complexity index is 1020. The molecule has 8 heteroatoms. The first-order chi connectivity index (χ1) is 13.0. The van der Waals surface area contributed by atoms with Crippen LogP contribution in [0.2, 0.25) is 0 Å². The zero-order valence-corrected chi connectivity index (χ0v) is 16.0. The Balaban J connectivity index is 2.40. The first-order valence-electron chi connectivity index (χ1n) is 7.79. The van der Waals surface area contributed by atoms with Gasteiger partial charge in [0.1, 0.15) is 17.1 Å². The summed E-state index contributed by atoms with van der Waals surface area (Å²) in [6.45, 7) is 0. The maximum atomic E-state index is 14.7. The molecule has 0 unspecified atom stereocenters. The number of rotatable bonds is 4. The van der Waals surface area contributed by atoms with Gasteiger partial charge < -0.3 is 9.47 Å². The molecule has 0 amide bonds. The molecule has 2 aromatic carbocycles. The fourth-order valence-electron chi connectivity index (χ4n) is 2.63. The summed E-state index contributed by atoms with van der Waals surface area (Å²) in [4.78, 5) is 24.9. The third-order valence-corrected chi connectivity index (χ3v) is 4.47. The molecule has 1 heterocycles. The summed E-state index contributed by atoms with van der Waals surface area (Å²) in [7, 11) is 2.36. The third kappa shape index (κ3) is 3.35. The largest absolute Gasteiger partial charge is 0.465 e. The molecule has 0 bridgehead atoms. The molecule has 0 saturated heterocycles. The summed E-state index contributed by atoms with van der Waals surface area (Å²) in [6, 6.07) is 13.3. The van der Waals surface area contributed by atoms with Crippen LogP contribution in [0.5, 0.6) is 0 Å². The fourth-order valence-corrected chi connectivity index (χ4v) is 3.00. The highest BCUT2D eigenvalue weighted by atomic mass is 79.9. The van der Waals surface area contributed by atoms with Crippen LogP contribution < -0.4 is 0 Å². The number of carbonyl (C=O) groups excluding carboxylic acids is 2. The van der Waals surface area contributed by atoms with Gasteiger partial charge in [0.05, 0.1) is 24.4 Å². The molecule has 0 aliphatic rings. The van der Waals surface area contributed by atoms with Crippen molar-refractivity contribution in [3.8, 4) is 16.9 Å². The predicted molar refractivity (Wildman–Crippen MR) is 99.3 cm³/mol. The molecular formula is C19H14BrFN2O4. The van der Waals surface area contributed by atoms with Crippen LogP contribution in [0, 0.1) is 5.82 Å². The standard InChI is InChI=1S/C19H14BrFN2O4/c1-26-18(24)14-16(12-9-6-10-13(20)15(12)21)22-23(17(14)19(25)27-2)11-7-4-3-5-8-11/h3-10H,1-2H3. The quantitative estimate of drug-likeness (QED) is 0.582. The monoisotopic (exact) mass is 432 g/mol. The number of carbonyl (C=O) groups is 2. The SMILES string of the molecule is COC(=O)c1c(-c2cccc(Br)c2F)nn(-c2ccccc2)c1C(=O)OC. The Morgan fingerprint density at radius 3 is 2.30 bits per heavy atom. The highest BCUT2D eigenvalue weighted by Gasteiger charge is 2.32. The van der Waals surface area contributed by atoms with Crippen molar-refractivity contribution in [2.75, 3.05) is 14.2 Å². The topological polar surface area (TPSA) is 70.4 Å². The van der Waals surface area contributed by atoms with Gasteiger partial charge in [-0.25, -0.2) is 18.7 Å². The van der Waals surface area contributed by atoms with Crippen molar-refractivity contribution in [1.29, 1.82) is 0 Å². The highest BCUT2D eigenvalue weighted by Crippen LogP contribution is 2.33. The first-order valence-corrected chi connectivity index (χ1v) is 8.58. The number of halogens is 2. The van der Waals surface area contributed by atoms with Gasteiger partial charge in [-0.05, 0) is 40.2 Å². The summed E-state index contributed by atoms with van der Waals surface area (Å²) in [6.07, 6.45) is 0. The maximum Gasteiger partial charge on any atom is 0.357 e. The second-order valence-corrected chi connectivity index (χ2v) is 6.26. The molecule has 0 fully saturated rings. The summed E-state index contributed by atoms with van der Waals surface area (Å²) in [5.41, 5.74) is 0.203. The molecule has 1 aromatic heterocycles. The molecular weight excluding hydrogens is 419 g/mol. The third-order valence-electron chi connectivity index (χ3n) is 3.86. The lowest BCUT2D eigenvalue weighted by Gasteiger charge is -2.07. The maximum absolute atomic E-state index is 14.7. The van der Waals surface area contributed by atoms with Crippen LogP contribution in [0.4, 0.5) is 4.39 Å². The number of esters is 2. The van der Waals surface area contributed by atoms with Gasteiger partial charge in [0, 0.05) is 5.56 Å². The molecule has 0 atom stereocenters. The lowest BCUT2D eigenvalue weighted by Crippen LogP contribution is -2.15. The smallest absolute Gasteiger partial charge is 0.357 e. The normalized spacial score (nSPS) is 10.5. The van der Waals surface area contributed by atoms with E-state index in [-0.39, 0.29) is 27.0 Å². The molecule has 0 radical (unpaired) electrons. The average Bonchev–Trinajstić information content (AvgIpc) is 3.09. The second kappa shape index (κ2) is 7.71. The van der Waals surface area contributed by atoms with E-state index in [0.717, 1.165) is 0 Å². The lowest BCUT2D eigenvalue weighted by molar-refractivity contribution is 0.0549. The summed E-state index contributed by atoms with van der Waals surface area (Å²) in [5.74, 6) is -2.24. The van der Waals surface area contributed by atoms with Gasteiger partial charge in [-0.3, -0.25) is 0 Å². The Morgan fingerprint density at radius 1 is 1.00 bits per heavy atom. The number of hydrogen-bond acceptors (Lipinski definition) is 5. The van der Waals surface area contributed by atoms with Crippen molar-refractivity contribution in [3.05, 3.63) is 70.1 Å². The van der Waals surface area contributed by atoms with Gasteiger partial charge in [-0.15, -0.1) is 0 Å². The van der Waals surface area contributed by atoms with Gasteiger partial charge in [0.2, 0.25) is 0 Å². The number of para-hydroxylation sites is 1. The molecule has 138 valence electrons. The van der Waals surface area contributed by atoms with Crippen molar-refractivity contribution in [1.82, 2.24) is 9.78 Å². The Labute approximate surface area is 162 Å². The number of hydrogen-bond donors (Lipinski definition) is 0. The first kappa shape index (κ1) is 18.8. The number of methoxy groups -OCH3 is 2. The van der Waals surface area contributed by atoms with Crippen LogP contribution >= 0.6 is 15.9 Å². The number of benzene rings is 2. The van der Waals surface area contributed by atoms with Crippen molar-refractivity contribution >= 4 is 27.9 Å². The van der Waals surface area contributed by atoms with E-state index in [9.17, 15) is 14.0 Å². The summed E-state index contributed by atoms with van der Waals surface area (Å²) < 4.78 is 25.8. The van der Waals surface area contributed by atoms with E-state index in [1.165, 1.54) is 31.0 Å². The predicted octanol–water partition coefficient (Wildman–Crippen LogP) is 4.01. The van der Waals surface area contributed by atoms with E-state index in [1.54, 1.807) is 36.4 Å². The van der Waals surface area contributed by atoms with Crippen LogP contribution in [0.1, 0.15) is 20.8 Å². The van der Waals surface area contributed by atoms with Crippen molar-refractivity contribution < 1.29 is 23.5 Å². The van der Waals surface area contributed by atoms with E-state index in [1.807, 2.05) is 0 Å². The van der Waals surface area contributed by atoms with Crippen LogP contribution in [-0.4, -0.2) is 35.9 Å². The Morgan fingerprint density at radius 2 is 1.67 bits per heavy atom. The number of aromatic nitrogens is 2. The molecule has 0 saturated carbocycles. The minimum atomic E-state index is -0.827. The number of ether oxygens (including phenoxy) is 2. The molecule has 6 nitrogen and oxygen atoms in total. The Hall–Kier alpha value is -3.00. The highest BCUT2D eigenvalue weighted by molar-refractivity contribution is 9.10. The molecule has 27 heavy (non-hydrogen) atoms. The van der Waals surface area contributed by atoms with E-state index in [0.29, 0.717) is 5.69 Å². The Kier molecular flexibility index (Phi) is 5.36. The average molecular weight is 433 g/mol. The minimum Gasteiger partial charge on any atom is -0.465 e. The van der Waals surface area contributed by atoms with E-state index in [4.69, 9.17) is 9.47 Å². The minimum absolute atomic E-state index is 0.0232. The van der Waals surface area contributed by atoms with Crippen LogP contribution in [0.25, 0.3) is 16.9 Å². The van der Waals surface area contributed by atoms with E-state index >= 15 is 0 Å². The van der Waals surface area contributed by atoms with Gasteiger partial charge in [-0.2, -0.15) is 5.10 Å². The van der Waals surface area contributed by atoms with Crippen LogP contribution in [0.15, 0.2) is 53.0 Å².